The molecular formula is C33H34N6O2. The van der Waals surface area contributed by atoms with E-state index in [2.05, 4.69) is 32.0 Å². The van der Waals surface area contributed by atoms with Crippen LogP contribution in [0.15, 0.2) is 72.9 Å². The maximum Gasteiger partial charge on any atom is 0.248 e. The van der Waals surface area contributed by atoms with E-state index in [0.717, 1.165) is 60.5 Å². The highest BCUT2D eigenvalue weighted by Crippen LogP contribution is 2.29. The van der Waals surface area contributed by atoms with E-state index >= 15 is 0 Å². The van der Waals surface area contributed by atoms with E-state index in [9.17, 15) is 4.79 Å². The standard InChI is InChI=1S/C33H34N6O2/c1-22-18-26(7-6-24-4-3-5-28(34)20-24)19-23(2)31(22)41-30-12-15-36-33(38-30)37-29-13-16-39(17-14-29)21-25-8-10-27(11-9-25)32(35)40/h3-5,8-12,15,18-20,29H,13-14,16-17,21,34H2,1-2H3,(H2,35,40)(H,36,37,38). The van der Waals surface area contributed by atoms with Crippen molar-refractivity contribution in [3.63, 3.8) is 0 Å². The van der Waals surface area contributed by atoms with Crippen molar-refractivity contribution < 1.29 is 9.53 Å². The van der Waals surface area contributed by atoms with Crippen LogP contribution in [0.4, 0.5) is 11.6 Å². The van der Waals surface area contributed by atoms with Crippen LogP contribution in [0.3, 0.4) is 0 Å². The largest absolute Gasteiger partial charge is 0.438 e. The fourth-order valence-electron chi connectivity index (χ4n) is 4.97. The third-order valence-corrected chi connectivity index (χ3v) is 7.10. The predicted molar refractivity (Wildman–Crippen MR) is 162 cm³/mol. The SMILES string of the molecule is Cc1cc(C#Cc2cccc(N)c2)cc(C)c1Oc1ccnc(NC2CCN(Cc3ccc(C(N)=O)cc3)CC2)n1. The number of benzene rings is 3. The lowest BCUT2D eigenvalue weighted by molar-refractivity contribution is 0.1000. The number of hydrogen-bond acceptors (Lipinski definition) is 7. The van der Waals surface area contributed by atoms with E-state index in [1.54, 1.807) is 24.4 Å². The molecule has 5 N–H and O–H groups in total. The van der Waals surface area contributed by atoms with E-state index in [1.807, 2.05) is 62.4 Å². The van der Waals surface area contributed by atoms with Crippen molar-refractivity contribution in [3.8, 4) is 23.5 Å². The Morgan fingerprint density at radius 1 is 1.00 bits per heavy atom. The van der Waals surface area contributed by atoms with E-state index in [0.29, 0.717) is 23.1 Å². The number of hydrogen-bond donors (Lipinski definition) is 3. The molecule has 5 rings (SSSR count). The summed E-state index contributed by atoms with van der Waals surface area (Å²) in [6, 6.07) is 21.1. The Morgan fingerprint density at radius 2 is 1.71 bits per heavy atom. The number of rotatable bonds is 7. The molecule has 0 atom stereocenters. The van der Waals surface area contributed by atoms with Gasteiger partial charge < -0.3 is 21.5 Å². The maximum atomic E-state index is 11.3. The maximum absolute atomic E-state index is 11.3. The Labute approximate surface area is 240 Å². The van der Waals surface area contributed by atoms with E-state index in [1.165, 1.54) is 5.56 Å². The molecule has 8 nitrogen and oxygen atoms in total. The summed E-state index contributed by atoms with van der Waals surface area (Å²) in [5.74, 6) is 7.80. The molecule has 1 amide bonds. The van der Waals surface area contributed by atoms with E-state index in [-0.39, 0.29) is 6.04 Å². The molecule has 4 aromatic rings. The number of amides is 1. The number of primary amides is 1. The van der Waals surface area contributed by atoms with Gasteiger partial charge in [0, 0.05) is 60.3 Å². The molecule has 0 unspecified atom stereocenters. The van der Waals surface area contributed by atoms with Crippen molar-refractivity contribution in [3.05, 3.63) is 106 Å². The Kier molecular flexibility index (Phi) is 8.47. The smallest absolute Gasteiger partial charge is 0.248 e. The Morgan fingerprint density at radius 3 is 2.39 bits per heavy atom. The second-order valence-corrected chi connectivity index (χ2v) is 10.4. The number of likely N-dealkylation sites (tertiary alicyclic amines) is 1. The minimum Gasteiger partial charge on any atom is -0.438 e. The summed E-state index contributed by atoms with van der Waals surface area (Å²) in [7, 11) is 0. The fraction of sp³-hybridized carbons (Fsp3) is 0.242. The zero-order valence-electron chi connectivity index (χ0n) is 23.4. The zero-order valence-corrected chi connectivity index (χ0v) is 23.4. The van der Waals surface area contributed by atoms with Crippen molar-refractivity contribution in [2.75, 3.05) is 24.1 Å². The van der Waals surface area contributed by atoms with Gasteiger partial charge in [0.2, 0.25) is 17.7 Å². The summed E-state index contributed by atoms with van der Waals surface area (Å²) in [6.45, 7) is 6.77. The second kappa shape index (κ2) is 12.5. The van der Waals surface area contributed by atoms with Crippen molar-refractivity contribution in [1.29, 1.82) is 0 Å². The van der Waals surface area contributed by atoms with Gasteiger partial charge in [-0.2, -0.15) is 4.98 Å². The average molecular weight is 547 g/mol. The Balaban J connectivity index is 1.17. The topological polar surface area (TPSA) is 119 Å². The molecule has 0 spiro atoms. The van der Waals surface area contributed by atoms with Crippen LogP contribution in [0, 0.1) is 25.7 Å². The molecule has 0 aliphatic carbocycles. The lowest BCUT2D eigenvalue weighted by Gasteiger charge is -2.32. The van der Waals surface area contributed by atoms with Gasteiger partial charge in [-0.15, -0.1) is 0 Å². The second-order valence-electron chi connectivity index (χ2n) is 10.4. The Hall–Kier alpha value is -4.87. The average Bonchev–Trinajstić information content (AvgIpc) is 2.95. The van der Waals surface area contributed by atoms with Gasteiger partial charge in [-0.3, -0.25) is 9.69 Å². The molecule has 0 bridgehead atoms. The number of anilines is 2. The van der Waals surface area contributed by atoms with Crippen LogP contribution < -0.4 is 21.5 Å². The summed E-state index contributed by atoms with van der Waals surface area (Å²) >= 11 is 0. The van der Waals surface area contributed by atoms with Crippen molar-refractivity contribution in [1.82, 2.24) is 14.9 Å². The molecule has 8 heteroatoms. The van der Waals surface area contributed by atoms with Gasteiger partial charge in [-0.1, -0.05) is 30.0 Å². The van der Waals surface area contributed by atoms with Crippen LogP contribution in [-0.2, 0) is 6.54 Å². The third kappa shape index (κ3) is 7.41. The lowest BCUT2D eigenvalue weighted by atomic mass is 10.0. The molecule has 1 fully saturated rings. The number of ether oxygens (including phenoxy) is 1. The summed E-state index contributed by atoms with van der Waals surface area (Å²) in [5.41, 5.74) is 17.3. The number of nitrogens with two attached hydrogens (primary N) is 2. The molecule has 1 aliphatic heterocycles. The van der Waals surface area contributed by atoms with Gasteiger partial charge in [-0.05, 0) is 85.8 Å². The summed E-state index contributed by atoms with van der Waals surface area (Å²) in [4.78, 5) is 22.7. The highest BCUT2D eigenvalue weighted by molar-refractivity contribution is 5.92. The molecule has 2 heterocycles. The summed E-state index contributed by atoms with van der Waals surface area (Å²) in [5, 5.41) is 3.48. The first kappa shape index (κ1) is 27.7. The molecule has 208 valence electrons. The molecular weight excluding hydrogens is 512 g/mol. The quantitative estimate of drug-likeness (QED) is 0.219. The molecule has 1 aliphatic rings. The van der Waals surface area contributed by atoms with Crippen molar-refractivity contribution >= 4 is 17.5 Å². The number of nitrogens with zero attached hydrogens (tertiary/aromatic N) is 3. The minimum atomic E-state index is -0.403. The van der Waals surface area contributed by atoms with Crippen LogP contribution in [0.2, 0.25) is 0 Å². The number of aryl methyl sites for hydroxylation is 2. The summed E-state index contributed by atoms with van der Waals surface area (Å²) in [6.07, 6.45) is 3.67. The zero-order chi connectivity index (χ0) is 28.8. The molecule has 1 saturated heterocycles. The van der Waals surface area contributed by atoms with E-state index < -0.39 is 5.91 Å². The molecule has 0 saturated carbocycles. The Bertz CT molecular complexity index is 1580. The van der Waals surface area contributed by atoms with Gasteiger partial charge in [-0.25, -0.2) is 4.98 Å². The normalized spacial score (nSPS) is 13.7. The van der Waals surface area contributed by atoms with E-state index in [4.69, 9.17) is 16.2 Å². The van der Waals surface area contributed by atoms with Crippen molar-refractivity contribution in [2.24, 2.45) is 5.73 Å². The molecule has 0 radical (unpaired) electrons. The van der Waals surface area contributed by atoms with Gasteiger partial charge >= 0.3 is 0 Å². The van der Waals surface area contributed by atoms with Gasteiger partial charge in [0.25, 0.3) is 0 Å². The lowest BCUT2D eigenvalue weighted by Crippen LogP contribution is -2.39. The third-order valence-electron chi connectivity index (χ3n) is 7.10. The summed E-state index contributed by atoms with van der Waals surface area (Å²) < 4.78 is 6.22. The molecule has 41 heavy (non-hydrogen) atoms. The monoisotopic (exact) mass is 546 g/mol. The van der Waals surface area contributed by atoms with Gasteiger partial charge in [0.05, 0.1) is 0 Å². The highest BCUT2D eigenvalue weighted by atomic mass is 16.5. The number of carbonyl (C=O) groups excluding carboxylic acids is 1. The van der Waals surface area contributed by atoms with Crippen LogP contribution in [-0.4, -0.2) is 39.9 Å². The first-order valence-electron chi connectivity index (χ1n) is 13.7. The predicted octanol–water partition coefficient (Wildman–Crippen LogP) is 5.04. The number of nitrogen functional groups attached to an aromatic ring is 1. The van der Waals surface area contributed by atoms with Crippen molar-refractivity contribution in [2.45, 2.75) is 39.3 Å². The number of aromatic nitrogens is 2. The fourth-order valence-corrected chi connectivity index (χ4v) is 4.97. The van der Waals surface area contributed by atoms with Crippen LogP contribution in [0.25, 0.3) is 0 Å². The number of piperidine rings is 1. The molecule has 1 aromatic heterocycles. The minimum absolute atomic E-state index is 0.278. The van der Waals surface area contributed by atoms with Crippen LogP contribution in [0.5, 0.6) is 11.6 Å². The number of nitrogens with one attached hydrogen (secondary N) is 1. The van der Waals surface area contributed by atoms with Gasteiger partial charge in [0.1, 0.15) is 5.75 Å². The molecule has 3 aromatic carbocycles. The van der Waals surface area contributed by atoms with Crippen LogP contribution in [0.1, 0.15) is 51.0 Å². The van der Waals surface area contributed by atoms with Gasteiger partial charge in [0.15, 0.2) is 0 Å². The number of carbonyl (C=O) groups is 1. The first-order valence-corrected chi connectivity index (χ1v) is 13.7. The highest BCUT2D eigenvalue weighted by Gasteiger charge is 2.20. The van der Waals surface area contributed by atoms with Crippen LogP contribution >= 0.6 is 0 Å². The first-order chi connectivity index (χ1) is 19.8.